The second kappa shape index (κ2) is 4.31. The molecule has 0 unspecified atom stereocenters. The summed E-state index contributed by atoms with van der Waals surface area (Å²) in [6.45, 7) is 0. The summed E-state index contributed by atoms with van der Waals surface area (Å²) >= 11 is 5.69. The van der Waals surface area contributed by atoms with Crippen LogP contribution in [0.3, 0.4) is 0 Å². The van der Waals surface area contributed by atoms with Gasteiger partial charge in [0.15, 0.2) is 9.84 Å². The van der Waals surface area contributed by atoms with Gasteiger partial charge in [-0.15, -0.1) is 11.6 Å². The van der Waals surface area contributed by atoms with Crippen molar-refractivity contribution in [1.29, 1.82) is 0 Å². The molecule has 1 aromatic heterocycles. The lowest BCUT2D eigenvalue weighted by molar-refractivity contribution is 0.602. The normalized spacial score (nSPS) is 12.2. The largest absolute Gasteiger partial charge is 0.331 e. The summed E-state index contributed by atoms with van der Waals surface area (Å²) in [5.74, 6) is 1.36. The first-order chi connectivity index (χ1) is 7.93. The van der Waals surface area contributed by atoms with E-state index in [0.717, 1.165) is 11.3 Å². The van der Waals surface area contributed by atoms with Crippen LogP contribution in [0, 0.1) is 0 Å². The molecule has 0 N–H and O–H groups in total. The maximum atomic E-state index is 11.4. The number of fused-ring (bicyclic) bond motifs is 1. The molecule has 0 radical (unpaired) electrons. The van der Waals surface area contributed by atoms with Gasteiger partial charge in [0.05, 0.1) is 15.9 Å². The predicted molar refractivity (Wildman–Crippen MR) is 68.2 cm³/mol. The lowest BCUT2D eigenvalue weighted by atomic mass is 10.3. The van der Waals surface area contributed by atoms with Gasteiger partial charge in [0.1, 0.15) is 5.82 Å². The minimum absolute atomic E-state index is 0.292. The summed E-state index contributed by atoms with van der Waals surface area (Å²) in [6.07, 6.45) is 1.86. The number of alkyl halides is 1. The van der Waals surface area contributed by atoms with Crippen LogP contribution in [-0.4, -0.2) is 30.1 Å². The number of hydrogen-bond donors (Lipinski definition) is 0. The van der Waals surface area contributed by atoms with Crippen LogP contribution in [0.4, 0.5) is 0 Å². The van der Waals surface area contributed by atoms with Crippen LogP contribution in [0.2, 0.25) is 0 Å². The molecule has 0 amide bonds. The maximum absolute atomic E-state index is 11.4. The molecule has 0 bridgehead atoms. The number of nitrogens with zero attached hydrogens (tertiary/aromatic N) is 2. The summed E-state index contributed by atoms with van der Waals surface area (Å²) in [5.41, 5.74) is 1.60. The first-order valence-corrected chi connectivity index (χ1v) is 7.57. The van der Waals surface area contributed by atoms with E-state index in [9.17, 15) is 8.42 Å². The van der Waals surface area contributed by atoms with E-state index in [-0.39, 0.29) is 0 Å². The molecular formula is C11H13ClN2O2S. The molecule has 0 atom stereocenters. The Morgan fingerprint density at radius 2 is 2.12 bits per heavy atom. The minimum Gasteiger partial charge on any atom is -0.331 e. The second-order valence-electron chi connectivity index (χ2n) is 3.95. The van der Waals surface area contributed by atoms with Crippen molar-refractivity contribution in [3.8, 4) is 0 Å². The van der Waals surface area contributed by atoms with Gasteiger partial charge in [-0.1, -0.05) is 0 Å². The molecule has 2 rings (SSSR count). The monoisotopic (exact) mass is 272 g/mol. The summed E-state index contributed by atoms with van der Waals surface area (Å²) < 4.78 is 24.8. The molecule has 0 aliphatic rings. The number of halogens is 1. The van der Waals surface area contributed by atoms with E-state index in [1.807, 2.05) is 11.6 Å². The summed E-state index contributed by atoms with van der Waals surface area (Å²) in [7, 11) is -1.29. The van der Waals surface area contributed by atoms with Gasteiger partial charge < -0.3 is 4.57 Å². The molecule has 0 saturated heterocycles. The molecule has 0 spiro atoms. The molecule has 0 saturated carbocycles. The third-order valence-electron chi connectivity index (χ3n) is 2.69. The smallest absolute Gasteiger partial charge is 0.175 e. The van der Waals surface area contributed by atoms with E-state index in [1.165, 1.54) is 6.26 Å². The van der Waals surface area contributed by atoms with Crippen LogP contribution in [0.25, 0.3) is 11.0 Å². The first kappa shape index (κ1) is 12.4. The average molecular weight is 273 g/mol. The summed E-state index contributed by atoms with van der Waals surface area (Å²) in [5, 5.41) is 0. The molecule has 92 valence electrons. The number of imidazole rings is 1. The molecule has 17 heavy (non-hydrogen) atoms. The summed E-state index contributed by atoms with van der Waals surface area (Å²) in [4.78, 5) is 4.68. The van der Waals surface area contributed by atoms with E-state index >= 15 is 0 Å². The van der Waals surface area contributed by atoms with Crippen molar-refractivity contribution in [2.24, 2.45) is 7.05 Å². The van der Waals surface area contributed by atoms with E-state index in [4.69, 9.17) is 11.6 Å². The van der Waals surface area contributed by atoms with Gasteiger partial charge in [0, 0.05) is 25.6 Å². The quantitative estimate of drug-likeness (QED) is 0.800. The van der Waals surface area contributed by atoms with Crippen LogP contribution in [0.15, 0.2) is 23.1 Å². The Labute approximate surface area is 105 Å². The fourth-order valence-corrected chi connectivity index (χ4v) is 2.58. The van der Waals surface area contributed by atoms with E-state index in [1.54, 1.807) is 18.2 Å². The lowest BCUT2D eigenvalue weighted by Crippen LogP contribution is -1.98. The minimum atomic E-state index is -3.19. The van der Waals surface area contributed by atoms with E-state index in [2.05, 4.69) is 4.98 Å². The molecule has 0 aliphatic heterocycles. The molecule has 1 aromatic carbocycles. The Morgan fingerprint density at radius 3 is 2.71 bits per heavy atom. The van der Waals surface area contributed by atoms with Crippen molar-refractivity contribution in [2.75, 3.05) is 12.1 Å². The highest BCUT2D eigenvalue weighted by Crippen LogP contribution is 2.19. The molecule has 4 nitrogen and oxygen atoms in total. The van der Waals surface area contributed by atoms with Crippen LogP contribution >= 0.6 is 11.6 Å². The third kappa shape index (κ3) is 2.30. The van der Waals surface area contributed by atoms with Gasteiger partial charge in [-0.2, -0.15) is 0 Å². The van der Waals surface area contributed by atoms with Gasteiger partial charge in [-0.3, -0.25) is 0 Å². The van der Waals surface area contributed by atoms with E-state index < -0.39 is 9.84 Å². The molecule has 0 aliphatic carbocycles. The Hall–Kier alpha value is -1.07. The maximum Gasteiger partial charge on any atom is 0.175 e. The Morgan fingerprint density at radius 1 is 1.41 bits per heavy atom. The fraction of sp³-hybridized carbons (Fsp3) is 0.364. The highest BCUT2D eigenvalue weighted by molar-refractivity contribution is 7.90. The van der Waals surface area contributed by atoms with Crippen molar-refractivity contribution in [2.45, 2.75) is 11.3 Å². The second-order valence-corrected chi connectivity index (χ2v) is 6.34. The average Bonchev–Trinajstić information content (AvgIpc) is 2.55. The first-order valence-electron chi connectivity index (χ1n) is 5.15. The van der Waals surface area contributed by atoms with Gasteiger partial charge in [-0.05, 0) is 18.2 Å². The number of aryl methyl sites for hydroxylation is 2. The van der Waals surface area contributed by atoms with Crippen molar-refractivity contribution in [3.63, 3.8) is 0 Å². The number of rotatable bonds is 3. The zero-order chi connectivity index (χ0) is 12.6. The third-order valence-corrected chi connectivity index (χ3v) is 3.99. The number of aromatic nitrogens is 2. The Bertz CT molecular complexity index is 661. The van der Waals surface area contributed by atoms with Crippen molar-refractivity contribution >= 4 is 32.5 Å². The van der Waals surface area contributed by atoms with Gasteiger partial charge in [0.2, 0.25) is 0 Å². The van der Waals surface area contributed by atoms with Crippen LogP contribution in [0.1, 0.15) is 5.82 Å². The van der Waals surface area contributed by atoms with Gasteiger partial charge in [-0.25, -0.2) is 13.4 Å². The molecular weight excluding hydrogens is 260 g/mol. The van der Waals surface area contributed by atoms with Crippen molar-refractivity contribution < 1.29 is 8.42 Å². The molecule has 2 aromatic rings. The molecule has 6 heteroatoms. The number of hydrogen-bond acceptors (Lipinski definition) is 3. The van der Waals surface area contributed by atoms with Crippen LogP contribution in [0.5, 0.6) is 0 Å². The van der Waals surface area contributed by atoms with Crippen LogP contribution < -0.4 is 0 Å². The SMILES string of the molecule is Cn1c(CCCl)nc2cc(S(C)(=O)=O)ccc21. The summed E-state index contributed by atoms with van der Waals surface area (Å²) in [6, 6.07) is 4.97. The lowest BCUT2D eigenvalue weighted by Gasteiger charge is -2.00. The number of sulfone groups is 1. The Balaban J connectivity index is 2.63. The van der Waals surface area contributed by atoms with Gasteiger partial charge >= 0.3 is 0 Å². The van der Waals surface area contributed by atoms with E-state index in [0.29, 0.717) is 22.7 Å². The highest BCUT2D eigenvalue weighted by atomic mass is 35.5. The Kier molecular flexibility index (Phi) is 3.14. The fourth-order valence-electron chi connectivity index (χ4n) is 1.77. The standard InChI is InChI=1S/C11H13ClN2O2S/c1-14-10-4-3-8(17(2,15)16)7-9(10)13-11(14)5-6-12/h3-4,7H,5-6H2,1-2H3. The van der Waals surface area contributed by atoms with Gasteiger partial charge in [0.25, 0.3) is 0 Å². The van der Waals surface area contributed by atoms with Crippen molar-refractivity contribution in [1.82, 2.24) is 9.55 Å². The number of benzene rings is 1. The van der Waals surface area contributed by atoms with Crippen molar-refractivity contribution in [3.05, 3.63) is 24.0 Å². The van der Waals surface area contributed by atoms with Crippen LogP contribution in [-0.2, 0) is 23.3 Å². The highest BCUT2D eigenvalue weighted by Gasteiger charge is 2.12. The molecule has 1 heterocycles. The zero-order valence-electron chi connectivity index (χ0n) is 9.64. The topological polar surface area (TPSA) is 52.0 Å². The zero-order valence-corrected chi connectivity index (χ0v) is 11.2. The predicted octanol–water partition coefficient (Wildman–Crippen LogP) is 1.76. The molecule has 0 fully saturated rings.